The molecule has 1 heterocycles. The van der Waals surface area contributed by atoms with E-state index in [2.05, 4.69) is 12.2 Å². The predicted molar refractivity (Wildman–Crippen MR) is 88.5 cm³/mol. The average Bonchev–Trinajstić information content (AvgIpc) is 2.59. The number of methoxy groups -OCH3 is 1. The van der Waals surface area contributed by atoms with Gasteiger partial charge in [-0.1, -0.05) is 19.1 Å². The van der Waals surface area contributed by atoms with Gasteiger partial charge in [0.2, 0.25) is 0 Å². The highest BCUT2D eigenvalue weighted by Gasteiger charge is 2.22. The number of amides is 1. The van der Waals surface area contributed by atoms with Crippen LogP contribution in [-0.2, 0) is 11.3 Å². The van der Waals surface area contributed by atoms with Gasteiger partial charge < -0.3 is 15.0 Å². The monoisotopic (exact) mass is 313 g/mol. The van der Waals surface area contributed by atoms with Crippen molar-refractivity contribution in [3.8, 4) is 11.8 Å². The van der Waals surface area contributed by atoms with Gasteiger partial charge in [-0.25, -0.2) is 0 Å². The molecule has 2 rings (SSSR count). The van der Waals surface area contributed by atoms with Crippen molar-refractivity contribution in [2.75, 3.05) is 20.2 Å². The SMILES string of the molecule is COc1ccc(CN/C=C(/C#N)C(=O)N2CCC(C)CC2)cc1. The van der Waals surface area contributed by atoms with E-state index in [1.165, 1.54) is 6.20 Å². The summed E-state index contributed by atoms with van der Waals surface area (Å²) in [5.74, 6) is 1.28. The molecule has 1 aliphatic heterocycles. The lowest BCUT2D eigenvalue weighted by Crippen LogP contribution is -2.38. The summed E-state index contributed by atoms with van der Waals surface area (Å²) < 4.78 is 5.11. The summed E-state index contributed by atoms with van der Waals surface area (Å²) in [6.07, 6.45) is 3.53. The van der Waals surface area contributed by atoms with E-state index in [0.29, 0.717) is 12.5 Å². The van der Waals surface area contributed by atoms with Crippen molar-refractivity contribution in [3.05, 3.63) is 41.6 Å². The molecule has 5 nitrogen and oxygen atoms in total. The van der Waals surface area contributed by atoms with Crippen LogP contribution in [0.25, 0.3) is 0 Å². The molecule has 0 aliphatic carbocycles. The first-order valence-corrected chi connectivity index (χ1v) is 7.90. The highest BCUT2D eigenvalue weighted by molar-refractivity contribution is 5.97. The van der Waals surface area contributed by atoms with Crippen LogP contribution in [0.5, 0.6) is 5.75 Å². The molecule has 0 spiro atoms. The van der Waals surface area contributed by atoms with Gasteiger partial charge in [0.15, 0.2) is 0 Å². The number of nitrogens with zero attached hydrogens (tertiary/aromatic N) is 2. The van der Waals surface area contributed by atoms with Crippen LogP contribution >= 0.6 is 0 Å². The minimum absolute atomic E-state index is 0.160. The van der Waals surface area contributed by atoms with E-state index in [9.17, 15) is 10.1 Å². The zero-order valence-corrected chi connectivity index (χ0v) is 13.7. The van der Waals surface area contributed by atoms with Crippen molar-refractivity contribution >= 4 is 5.91 Å². The molecule has 0 unspecified atom stereocenters. The zero-order valence-electron chi connectivity index (χ0n) is 13.7. The zero-order chi connectivity index (χ0) is 16.7. The van der Waals surface area contributed by atoms with Crippen LogP contribution in [0.2, 0.25) is 0 Å². The van der Waals surface area contributed by atoms with E-state index < -0.39 is 0 Å². The summed E-state index contributed by atoms with van der Waals surface area (Å²) in [7, 11) is 1.63. The summed E-state index contributed by atoms with van der Waals surface area (Å²) in [5.41, 5.74) is 1.21. The Balaban J connectivity index is 1.90. The van der Waals surface area contributed by atoms with Crippen molar-refractivity contribution in [1.82, 2.24) is 10.2 Å². The van der Waals surface area contributed by atoms with Gasteiger partial charge in [0, 0.05) is 25.8 Å². The van der Waals surface area contributed by atoms with Crippen LogP contribution < -0.4 is 10.1 Å². The Labute approximate surface area is 137 Å². The quantitative estimate of drug-likeness (QED) is 0.670. The topological polar surface area (TPSA) is 65.4 Å². The maximum atomic E-state index is 12.3. The molecule has 0 aromatic heterocycles. The molecule has 1 saturated heterocycles. The molecule has 0 radical (unpaired) electrons. The Kier molecular flexibility index (Phi) is 6.04. The van der Waals surface area contributed by atoms with E-state index in [1.807, 2.05) is 30.3 Å². The number of hydrogen-bond donors (Lipinski definition) is 1. The molecule has 1 N–H and O–H groups in total. The van der Waals surface area contributed by atoms with Crippen LogP contribution in [0.4, 0.5) is 0 Å². The number of benzene rings is 1. The van der Waals surface area contributed by atoms with E-state index in [-0.39, 0.29) is 11.5 Å². The predicted octanol–water partition coefficient (Wildman–Crippen LogP) is 2.45. The molecule has 0 saturated carbocycles. The second kappa shape index (κ2) is 8.23. The van der Waals surface area contributed by atoms with Crippen molar-refractivity contribution in [2.45, 2.75) is 26.3 Å². The van der Waals surface area contributed by atoms with Crippen LogP contribution in [0.3, 0.4) is 0 Å². The third-order valence-electron chi connectivity index (χ3n) is 4.13. The largest absolute Gasteiger partial charge is 0.497 e. The molecular formula is C18H23N3O2. The summed E-state index contributed by atoms with van der Waals surface area (Å²) in [6, 6.07) is 9.65. The Bertz CT molecular complexity index is 594. The molecule has 5 heteroatoms. The van der Waals surface area contributed by atoms with Gasteiger partial charge in [-0.2, -0.15) is 5.26 Å². The highest BCUT2D eigenvalue weighted by atomic mass is 16.5. The third kappa shape index (κ3) is 4.75. The van der Waals surface area contributed by atoms with Crippen molar-refractivity contribution < 1.29 is 9.53 Å². The molecule has 1 aromatic rings. The number of nitriles is 1. The smallest absolute Gasteiger partial charge is 0.265 e. The van der Waals surface area contributed by atoms with Crippen LogP contribution in [-0.4, -0.2) is 31.0 Å². The Morgan fingerprint density at radius 1 is 1.39 bits per heavy atom. The summed E-state index contributed by atoms with van der Waals surface area (Å²) >= 11 is 0. The van der Waals surface area contributed by atoms with Gasteiger partial charge in [-0.15, -0.1) is 0 Å². The van der Waals surface area contributed by atoms with Crippen LogP contribution in [0, 0.1) is 17.2 Å². The number of likely N-dealkylation sites (tertiary alicyclic amines) is 1. The van der Waals surface area contributed by atoms with E-state index in [4.69, 9.17) is 4.74 Å². The molecular weight excluding hydrogens is 290 g/mol. The number of carbonyl (C=O) groups excluding carboxylic acids is 1. The molecule has 122 valence electrons. The first-order chi connectivity index (χ1) is 11.1. The van der Waals surface area contributed by atoms with Gasteiger partial charge in [0.25, 0.3) is 5.91 Å². The molecule has 1 fully saturated rings. The molecule has 1 aliphatic rings. The maximum Gasteiger partial charge on any atom is 0.265 e. The number of ether oxygens (including phenoxy) is 1. The lowest BCUT2D eigenvalue weighted by molar-refractivity contribution is -0.128. The summed E-state index contributed by atoms with van der Waals surface area (Å²) in [4.78, 5) is 14.1. The number of nitrogens with one attached hydrogen (secondary N) is 1. The van der Waals surface area contributed by atoms with Crippen molar-refractivity contribution in [3.63, 3.8) is 0 Å². The minimum Gasteiger partial charge on any atom is -0.497 e. The van der Waals surface area contributed by atoms with E-state index in [1.54, 1.807) is 12.0 Å². The number of carbonyl (C=O) groups is 1. The van der Waals surface area contributed by atoms with Gasteiger partial charge in [-0.3, -0.25) is 4.79 Å². The molecule has 1 aromatic carbocycles. The second-order valence-electron chi connectivity index (χ2n) is 5.87. The fourth-order valence-electron chi connectivity index (χ4n) is 2.54. The molecule has 0 bridgehead atoms. The van der Waals surface area contributed by atoms with Crippen LogP contribution in [0.15, 0.2) is 36.0 Å². The standard InChI is InChI=1S/C18H23N3O2/c1-14-7-9-21(10-8-14)18(22)16(11-19)13-20-12-15-3-5-17(23-2)6-4-15/h3-6,13-14,20H,7-10,12H2,1-2H3/b16-13-. The normalized spacial score (nSPS) is 15.9. The van der Waals surface area contributed by atoms with E-state index >= 15 is 0 Å². The lowest BCUT2D eigenvalue weighted by Gasteiger charge is -2.30. The Morgan fingerprint density at radius 3 is 2.61 bits per heavy atom. The fraction of sp³-hybridized carbons (Fsp3) is 0.444. The fourth-order valence-corrected chi connectivity index (χ4v) is 2.54. The van der Waals surface area contributed by atoms with Crippen molar-refractivity contribution in [2.24, 2.45) is 5.92 Å². The summed E-state index contributed by atoms with van der Waals surface area (Å²) in [6.45, 7) is 4.22. The van der Waals surface area contributed by atoms with Gasteiger partial charge in [0.1, 0.15) is 17.4 Å². The average molecular weight is 313 g/mol. The molecule has 1 amide bonds. The van der Waals surface area contributed by atoms with Crippen molar-refractivity contribution in [1.29, 1.82) is 5.26 Å². The molecule has 23 heavy (non-hydrogen) atoms. The number of piperidine rings is 1. The highest BCUT2D eigenvalue weighted by Crippen LogP contribution is 2.17. The lowest BCUT2D eigenvalue weighted by atomic mass is 9.99. The Morgan fingerprint density at radius 2 is 2.04 bits per heavy atom. The Hall–Kier alpha value is -2.48. The first-order valence-electron chi connectivity index (χ1n) is 7.90. The second-order valence-corrected chi connectivity index (χ2v) is 5.87. The van der Waals surface area contributed by atoms with Gasteiger partial charge in [0.05, 0.1) is 7.11 Å². The number of rotatable bonds is 5. The molecule has 0 atom stereocenters. The van der Waals surface area contributed by atoms with Gasteiger partial charge >= 0.3 is 0 Å². The first kappa shape index (κ1) is 16.9. The third-order valence-corrected chi connectivity index (χ3v) is 4.13. The maximum absolute atomic E-state index is 12.3. The van der Waals surface area contributed by atoms with Gasteiger partial charge in [-0.05, 0) is 36.5 Å². The van der Waals surface area contributed by atoms with E-state index in [0.717, 1.165) is 37.2 Å². The van der Waals surface area contributed by atoms with Crippen LogP contribution in [0.1, 0.15) is 25.3 Å². The minimum atomic E-state index is -0.179. The number of hydrogen-bond acceptors (Lipinski definition) is 4. The summed E-state index contributed by atoms with van der Waals surface area (Å²) in [5, 5.41) is 12.3.